The largest absolute Gasteiger partial charge is 0.482 e. The number of hydrogen-bond donors (Lipinski definition) is 1. The molecule has 8 heteroatoms. The molecule has 4 aromatic rings. The predicted octanol–water partition coefficient (Wildman–Crippen LogP) is 4.10. The van der Waals surface area contributed by atoms with E-state index in [1.807, 2.05) is 17.6 Å². The van der Waals surface area contributed by atoms with Crippen molar-refractivity contribution < 1.29 is 9.13 Å². The minimum absolute atomic E-state index is 0.208. The minimum atomic E-state index is -0.508. The highest BCUT2D eigenvalue weighted by Crippen LogP contribution is 2.37. The van der Waals surface area contributed by atoms with Gasteiger partial charge in [0.2, 0.25) is 0 Å². The molecule has 0 spiro atoms. The first kappa shape index (κ1) is 18.8. The topological polar surface area (TPSA) is 103 Å². The Morgan fingerprint density at radius 2 is 2.06 bits per heavy atom. The van der Waals surface area contributed by atoms with E-state index in [2.05, 4.69) is 21.0 Å². The molecule has 0 amide bonds. The number of nitrogen functional groups attached to an aromatic ring is 1. The molecule has 0 aliphatic carbocycles. The first-order chi connectivity index (χ1) is 15.0. The van der Waals surface area contributed by atoms with Gasteiger partial charge in [-0.3, -0.25) is 4.98 Å². The summed E-state index contributed by atoms with van der Waals surface area (Å²) in [5, 5.41) is 9.60. The number of nitrogens with zero attached hydrogens (tertiary/aromatic N) is 5. The highest BCUT2D eigenvalue weighted by molar-refractivity contribution is 5.73. The van der Waals surface area contributed by atoms with E-state index in [0.717, 1.165) is 16.7 Å². The molecule has 4 heterocycles. The zero-order chi connectivity index (χ0) is 21.5. The van der Waals surface area contributed by atoms with Crippen LogP contribution in [0.2, 0.25) is 0 Å². The van der Waals surface area contributed by atoms with Crippen LogP contribution in [0.5, 0.6) is 5.75 Å². The average molecular weight is 412 g/mol. The Hall–Kier alpha value is -4.25. The van der Waals surface area contributed by atoms with Crippen LogP contribution < -0.4 is 10.5 Å². The van der Waals surface area contributed by atoms with Crippen molar-refractivity contribution in [3.8, 4) is 34.2 Å². The van der Waals surface area contributed by atoms with Gasteiger partial charge in [-0.2, -0.15) is 5.26 Å². The molecule has 3 aromatic heterocycles. The number of nitriles is 1. The number of ether oxygens (including phenoxy) is 1. The molecule has 7 nitrogen and oxygen atoms in total. The van der Waals surface area contributed by atoms with Crippen molar-refractivity contribution in [2.75, 3.05) is 5.73 Å². The van der Waals surface area contributed by atoms with Gasteiger partial charge in [0.25, 0.3) is 0 Å². The van der Waals surface area contributed by atoms with E-state index in [1.54, 1.807) is 37.1 Å². The summed E-state index contributed by atoms with van der Waals surface area (Å²) < 4.78 is 22.2. The molecule has 0 fully saturated rings. The number of hydrogen-bond acceptors (Lipinski definition) is 6. The molecule has 2 bridgehead atoms. The third-order valence-corrected chi connectivity index (χ3v) is 5.39. The summed E-state index contributed by atoms with van der Waals surface area (Å²) in [6, 6.07) is 10.4. The van der Waals surface area contributed by atoms with Gasteiger partial charge in [0.15, 0.2) is 17.3 Å². The van der Waals surface area contributed by atoms with Crippen LogP contribution >= 0.6 is 0 Å². The Balaban J connectivity index is 1.83. The van der Waals surface area contributed by atoms with E-state index in [1.165, 1.54) is 12.1 Å². The summed E-state index contributed by atoms with van der Waals surface area (Å²) in [4.78, 5) is 12.8. The molecular weight excluding hydrogens is 395 g/mol. The maximum absolute atomic E-state index is 14.2. The van der Waals surface area contributed by atoms with Crippen LogP contribution in [0.3, 0.4) is 0 Å². The molecule has 0 unspecified atom stereocenters. The normalized spacial score (nSPS) is 14.7. The smallest absolute Gasteiger partial charge is 0.166 e. The lowest BCUT2D eigenvalue weighted by Gasteiger charge is -2.22. The number of fused-ring (bicyclic) bond motifs is 7. The van der Waals surface area contributed by atoms with Gasteiger partial charge in [-0.05, 0) is 47.9 Å². The number of nitrogens with two attached hydrogens (primary N) is 1. The van der Waals surface area contributed by atoms with Gasteiger partial charge < -0.3 is 15.0 Å². The second-order valence-electron chi connectivity index (χ2n) is 7.31. The number of benzene rings is 1. The number of imidazole rings is 1. The lowest BCUT2D eigenvalue weighted by Crippen LogP contribution is -2.11. The van der Waals surface area contributed by atoms with Crippen molar-refractivity contribution in [2.24, 2.45) is 0 Å². The van der Waals surface area contributed by atoms with E-state index < -0.39 is 6.10 Å². The zero-order valence-electron chi connectivity index (χ0n) is 16.6. The highest BCUT2D eigenvalue weighted by Gasteiger charge is 2.22. The van der Waals surface area contributed by atoms with Crippen LogP contribution in [0.15, 0.2) is 55.2 Å². The SMILES string of the molecule is C[C@H]1Oc2cc(cnc2N)-c2c(C#N)ncn2Cc2cnccc2-c2ccc(F)cc21. The van der Waals surface area contributed by atoms with Gasteiger partial charge in [-0.25, -0.2) is 14.4 Å². The molecule has 1 aliphatic rings. The molecule has 1 aliphatic heterocycles. The van der Waals surface area contributed by atoms with E-state index in [4.69, 9.17) is 10.5 Å². The number of pyridine rings is 2. The minimum Gasteiger partial charge on any atom is -0.482 e. The molecule has 2 N–H and O–H groups in total. The van der Waals surface area contributed by atoms with Gasteiger partial charge >= 0.3 is 0 Å². The number of rotatable bonds is 0. The maximum atomic E-state index is 14.2. The molecule has 1 aromatic carbocycles. The molecule has 31 heavy (non-hydrogen) atoms. The molecule has 152 valence electrons. The van der Waals surface area contributed by atoms with Gasteiger partial charge in [0.05, 0.1) is 18.6 Å². The van der Waals surface area contributed by atoms with Crippen LogP contribution in [-0.4, -0.2) is 19.5 Å². The van der Waals surface area contributed by atoms with Crippen LogP contribution in [0, 0.1) is 17.1 Å². The average Bonchev–Trinajstić information content (AvgIpc) is 3.17. The van der Waals surface area contributed by atoms with Crippen molar-refractivity contribution in [1.29, 1.82) is 5.26 Å². The number of halogens is 1. The number of anilines is 1. The summed E-state index contributed by atoms with van der Waals surface area (Å²) >= 11 is 0. The van der Waals surface area contributed by atoms with Crippen LogP contribution in [0.4, 0.5) is 10.2 Å². The summed E-state index contributed by atoms with van der Waals surface area (Å²) in [6.07, 6.45) is 6.16. The van der Waals surface area contributed by atoms with E-state index in [9.17, 15) is 9.65 Å². The third-order valence-electron chi connectivity index (χ3n) is 5.39. The summed E-state index contributed by atoms with van der Waals surface area (Å²) in [5.41, 5.74) is 10.9. The van der Waals surface area contributed by atoms with Crippen LogP contribution in [0.1, 0.15) is 29.8 Å². The Labute approximate surface area is 177 Å². The highest BCUT2D eigenvalue weighted by atomic mass is 19.1. The Morgan fingerprint density at radius 3 is 2.90 bits per heavy atom. The summed E-state index contributed by atoms with van der Waals surface area (Å²) in [6.45, 7) is 2.25. The number of aromatic nitrogens is 4. The Kier molecular flexibility index (Phi) is 4.37. The third kappa shape index (κ3) is 3.16. The second kappa shape index (κ2) is 7.22. The van der Waals surface area contributed by atoms with Crippen LogP contribution in [0.25, 0.3) is 22.4 Å². The first-order valence-corrected chi connectivity index (χ1v) is 9.65. The van der Waals surface area contributed by atoms with Gasteiger partial charge in [-0.15, -0.1) is 0 Å². The summed E-state index contributed by atoms with van der Waals surface area (Å²) in [5.74, 6) is 0.208. The van der Waals surface area contributed by atoms with Gasteiger partial charge in [-0.1, -0.05) is 6.07 Å². The van der Waals surface area contributed by atoms with E-state index >= 15 is 0 Å². The van der Waals surface area contributed by atoms with Crippen molar-refractivity contribution in [3.63, 3.8) is 0 Å². The van der Waals surface area contributed by atoms with Crippen LogP contribution in [-0.2, 0) is 6.54 Å². The lowest BCUT2D eigenvalue weighted by molar-refractivity contribution is 0.228. The molecular formula is C23H17FN6O. The Bertz CT molecular complexity index is 1360. The standard InChI is InChI=1S/C23H17FN6O/c1-13-19-7-16(24)2-3-18(19)17-4-5-27-9-15(17)11-30-12-29-20(8-25)22(30)14-6-21(31-13)23(26)28-10-14/h2-7,9-10,12-13H,11H2,1H3,(H2,26,28)/t13-/m1/s1. The molecule has 0 radical (unpaired) electrons. The molecule has 0 saturated heterocycles. The molecule has 5 rings (SSSR count). The fraction of sp³-hybridized carbons (Fsp3) is 0.130. The predicted molar refractivity (Wildman–Crippen MR) is 112 cm³/mol. The van der Waals surface area contributed by atoms with Crippen molar-refractivity contribution in [1.82, 2.24) is 19.5 Å². The summed E-state index contributed by atoms with van der Waals surface area (Å²) in [7, 11) is 0. The molecule has 0 saturated carbocycles. The zero-order valence-corrected chi connectivity index (χ0v) is 16.6. The van der Waals surface area contributed by atoms with E-state index in [0.29, 0.717) is 29.1 Å². The molecule has 1 atom stereocenters. The first-order valence-electron chi connectivity index (χ1n) is 9.65. The van der Waals surface area contributed by atoms with E-state index in [-0.39, 0.29) is 17.3 Å². The van der Waals surface area contributed by atoms with Crippen molar-refractivity contribution >= 4 is 5.82 Å². The quantitative estimate of drug-likeness (QED) is 0.466. The monoisotopic (exact) mass is 412 g/mol. The fourth-order valence-corrected chi connectivity index (χ4v) is 3.93. The van der Waals surface area contributed by atoms with Crippen molar-refractivity contribution in [3.05, 3.63) is 77.9 Å². The van der Waals surface area contributed by atoms with Crippen molar-refractivity contribution in [2.45, 2.75) is 19.6 Å². The second-order valence-corrected chi connectivity index (χ2v) is 7.31. The Morgan fingerprint density at radius 1 is 1.19 bits per heavy atom. The van der Waals surface area contributed by atoms with Gasteiger partial charge in [0.1, 0.15) is 18.0 Å². The maximum Gasteiger partial charge on any atom is 0.166 e. The lowest BCUT2D eigenvalue weighted by atomic mass is 9.94. The van der Waals surface area contributed by atoms with Gasteiger partial charge in [0, 0.05) is 29.7 Å². The fourth-order valence-electron chi connectivity index (χ4n) is 3.93.